The Morgan fingerprint density at radius 1 is 1.58 bits per heavy atom. The second-order valence-corrected chi connectivity index (χ2v) is 2.11. The van der Waals surface area contributed by atoms with Crippen molar-refractivity contribution in [2.24, 2.45) is 0 Å². The fourth-order valence-electron chi connectivity index (χ4n) is 0.724. The Balaban J connectivity index is 2.97. The van der Waals surface area contributed by atoms with E-state index >= 15 is 0 Å². The molecule has 0 aromatic carbocycles. The van der Waals surface area contributed by atoms with E-state index in [0.717, 1.165) is 9.36 Å². The normalized spacial score (nSPS) is 11.2. The first-order valence-corrected chi connectivity index (χ1v) is 3.43. The van der Waals surface area contributed by atoms with E-state index in [1.54, 1.807) is 13.0 Å². The summed E-state index contributed by atoms with van der Waals surface area (Å²) in [5.74, 6) is 0. The third kappa shape index (κ3) is 1.59. The summed E-state index contributed by atoms with van der Waals surface area (Å²) in [7, 11) is 1.49. The van der Waals surface area contributed by atoms with Crippen LogP contribution in [-0.4, -0.2) is 26.9 Å². The van der Waals surface area contributed by atoms with E-state index in [9.17, 15) is 4.79 Å². The molecule has 1 aromatic heterocycles. The van der Waals surface area contributed by atoms with Crippen LogP contribution in [0.4, 0.5) is 0 Å². The van der Waals surface area contributed by atoms with E-state index in [1.807, 2.05) is 0 Å². The predicted molar refractivity (Wildman–Crippen MR) is 42.3 cm³/mol. The molecule has 0 saturated carbocycles. The highest BCUT2D eigenvalue weighted by Gasteiger charge is 2.01. The Hall–Kier alpha value is -1.43. The molecule has 0 unspecified atom stereocenters. The summed E-state index contributed by atoms with van der Waals surface area (Å²) >= 11 is 0. The van der Waals surface area contributed by atoms with Gasteiger partial charge in [-0.3, -0.25) is 0 Å². The van der Waals surface area contributed by atoms with Gasteiger partial charge in [0.15, 0.2) is 0 Å². The van der Waals surface area contributed by atoms with Crippen LogP contribution in [0.5, 0.6) is 0 Å². The van der Waals surface area contributed by atoms with Crippen molar-refractivity contribution in [2.75, 3.05) is 7.11 Å². The van der Waals surface area contributed by atoms with Gasteiger partial charge in [-0.1, -0.05) is 6.08 Å². The molecule has 6 nitrogen and oxygen atoms in total. The standard InChI is InChI=1S/C6H10N4O2/c1-3-4-9-6(11)10(5-12-2)8-7-9/h3-4H,5H2,1-2H3/b4-3+. The molecule has 6 heteroatoms. The number of nitrogens with zero attached hydrogens (tertiary/aromatic N) is 4. The van der Waals surface area contributed by atoms with Gasteiger partial charge in [-0.2, -0.15) is 9.36 Å². The zero-order chi connectivity index (χ0) is 8.97. The Morgan fingerprint density at radius 2 is 2.33 bits per heavy atom. The Morgan fingerprint density at radius 3 is 2.92 bits per heavy atom. The van der Waals surface area contributed by atoms with Crippen LogP contribution in [0.25, 0.3) is 6.20 Å². The maximum Gasteiger partial charge on any atom is 0.370 e. The first-order valence-electron chi connectivity index (χ1n) is 3.43. The molecule has 0 aliphatic carbocycles. The van der Waals surface area contributed by atoms with Crippen LogP contribution in [0.1, 0.15) is 6.92 Å². The zero-order valence-electron chi connectivity index (χ0n) is 6.97. The lowest BCUT2D eigenvalue weighted by atomic mass is 10.7. The molecule has 1 aromatic rings. The van der Waals surface area contributed by atoms with Crippen molar-refractivity contribution in [3.8, 4) is 0 Å². The molecule has 0 spiro atoms. The number of allylic oxidation sites excluding steroid dienone is 1. The molecule has 1 heterocycles. The number of methoxy groups -OCH3 is 1. The van der Waals surface area contributed by atoms with Crippen molar-refractivity contribution >= 4 is 6.20 Å². The van der Waals surface area contributed by atoms with Crippen LogP contribution in [0.3, 0.4) is 0 Å². The van der Waals surface area contributed by atoms with Gasteiger partial charge in [-0.25, -0.2) is 4.79 Å². The van der Waals surface area contributed by atoms with Gasteiger partial charge in [0.2, 0.25) is 0 Å². The summed E-state index contributed by atoms with van der Waals surface area (Å²) in [5.41, 5.74) is -0.310. The van der Waals surface area contributed by atoms with E-state index < -0.39 is 0 Å². The lowest BCUT2D eigenvalue weighted by molar-refractivity contribution is 0.116. The summed E-state index contributed by atoms with van der Waals surface area (Å²) in [6.45, 7) is 1.91. The fraction of sp³-hybridized carbons (Fsp3) is 0.500. The maximum atomic E-state index is 11.2. The van der Waals surface area contributed by atoms with E-state index in [2.05, 4.69) is 10.4 Å². The highest BCUT2D eigenvalue weighted by molar-refractivity contribution is 5.15. The van der Waals surface area contributed by atoms with Gasteiger partial charge in [-0.15, -0.1) is 0 Å². The van der Waals surface area contributed by atoms with Crippen molar-refractivity contribution in [1.82, 2.24) is 19.8 Å². The van der Waals surface area contributed by atoms with E-state index in [0.29, 0.717) is 0 Å². The summed E-state index contributed by atoms with van der Waals surface area (Å²) in [4.78, 5) is 11.2. The summed E-state index contributed by atoms with van der Waals surface area (Å²) in [6, 6.07) is 0. The number of hydrogen-bond acceptors (Lipinski definition) is 4. The second kappa shape index (κ2) is 3.82. The van der Waals surface area contributed by atoms with Gasteiger partial charge in [0.05, 0.1) is 0 Å². The first kappa shape index (κ1) is 8.66. The van der Waals surface area contributed by atoms with Gasteiger partial charge >= 0.3 is 5.69 Å². The molecular formula is C6H10N4O2. The van der Waals surface area contributed by atoms with Crippen LogP contribution < -0.4 is 5.69 Å². The molecule has 0 N–H and O–H groups in total. The van der Waals surface area contributed by atoms with Crippen molar-refractivity contribution in [3.63, 3.8) is 0 Å². The van der Waals surface area contributed by atoms with E-state index in [-0.39, 0.29) is 12.4 Å². The minimum absolute atomic E-state index is 0.121. The van der Waals surface area contributed by atoms with Crippen molar-refractivity contribution < 1.29 is 4.74 Å². The van der Waals surface area contributed by atoms with E-state index in [1.165, 1.54) is 13.3 Å². The highest BCUT2D eigenvalue weighted by atomic mass is 16.5. The average molecular weight is 170 g/mol. The third-order valence-electron chi connectivity index (χ3n) is 1.20. The molecule has 0 amide bonds. The topological polar surface area (TPSA) is 61.9 Å². The number of aromatic nitrogens is 4. The molecular weight excluding hydrogens is 160 g/mol. The molecule has 12 heavy (non-hydrogen) atoms. The molecule has 0 radical (unpaired) electrons. The lowest BCUT2D eigenvalue weighted by Crippen LogP contribution is -2.23. The molecule has 0 aliphatic heterocycles. The molecule has 66 valence electrons. The molecule has 0 bridgehead atoms. The van der Waals surface area contributed by atoms with Crippen LogP contribution in [0.2, 0.25) is 0 Å². The van der Waals surface area contributed by atoms with Crippen LogP contribution >= 0.6 is 0 Å². The van der Waals surface area contributed by atoms with Crippen LogP contribution in [-0.2, 0) is 11.5 Å². The lowest BCUT2D eigenvalue weighted by Gasteiger charge is -1.91. The first-order chi connectivity index (χ1) is 5.79. The molecule has 1 rings (SSSR count). The van der Waals surface area contributed by atoms with Gasteiger partial charge in [0.25, 0.3) is 0 Å². The zero-order valence-corrected chi connectivity index (χ0v) is 6.97. The Bertz CT molecular complexity index is 325. The maximum absolute atomic E-state index is 11.2. The Kier molecular flexibility index (Phi) is 2.76. The summed E-state index contributed by atoms with van der Waals surface area (Å²) < 4.78 is 6.99. The monoisotopic (exact) mass is 170 g/mol. The van der Waals surface area contributed by atoms with E-state index in [4.69, 9.17) is 4.74 Å². The predicted octanol–water partition coefficient (Wildman–Crippen LogP) is -0.466. The number of ether oxygens (including phenoxy) is 1. The smallest absolute Gasteiger partial charge is 0.362 e. The molecule has 0 fully saturated rings. The van der Waals surface area contributed by atoms with Crippen molar-refractivity contribution in [3.05, 3.63) is 16.6 Å². The highest BCUT2D eigenvalue weighted by Crippen LogP contribution is 1.77. The van der Waals surface area contributed by atoms with Gasteiger partial charge in [0.1, 0.15) is 6.73 Å². The number of hydrogen-bond donors (Lipinski definition) is 0. The largest absolute Gasteiger partial charge is 0.370 e. The average Bonchev–Trinajstić information content (AvgIpc) is 2.38. The third-order valence-corrected chi connectivity index (χ3v) is 1.20. The molecule has 0 saturated heterocycles. The van der Waals surface area contributed by atoms with Crippen LogP contribution in [0.15, 0.2) is 10.9 Å². The van der Waals surface area contributed by atoms with Gasteiger partial charge in [-0.05, 0) is 17.4 Å². The van der Waals surface area contributed by atoms with Crippen LogP contribution in [0, 0.1) is 0 Å². The summed E-state index contributed by atoms with van der Waals surface area (Å²) in [6.07, 6.45) is 3.23. The second-order valence-electron chi connectivity index (χ2n) is 2.11. The van der Waals surface area contributed by atoms with Crippen molar-refractivity contribution in [1.29, 1.82) is 0 Å². The minimum atomic E-state index is -0.310. The molecule has 0 aliphatic rings. The Labute approximate surface area is 69.0 Å². The molecule has 0 atom stereocenters. The SMILES string of the molecule is C/C=C/n1nnn(COC)c1=O. The minimum Gasteiger partial charge on any atom is -0.362 e. The fourth-order valence-corrected chi connectivity index (χ4v) is 0.724. The number of tetrazole rings is 1. The summed E-state index contributed by atoms with van der Waals surface area (Å²) in [5, 5.41) is 7.14. The number of rotatable bonds is 3. The quantitative estimate of drug-likeness (QED) is 0.615. The van der Waals surface area contributed by atoms with Crippen molar-refractivity contribution in [2.45, 2.75) is 13.7 Å². The van der Waals surface area contributed by atoms with Gasteiger partial charge < -0.3 is 4.74 Å². The van der Waals surface area contributed by atoms with Gasteiger partial charge in [0, 0.05) is 13.3 Å².